The fourth-order valence-corrected chi connectivity index (χ4v) is 8.59. The summed E-state index contributed by atoms with van der Waals surface area (Å²) in [6.45, 7) is 0. The second-order valence-corrected chi connectivity index (χ2v) is 14.0. The van der Waals surface area contributed by atoms with Crippen LogP contribution in [0.2, 0.25) is 0 Å². The Morgan fingerprint density at radius 1 is 0.615 bits per heavy atom. The molecule has 2 atom stereocenters. The van der Waals surface area contributed by atoms with Crippen molar-refractivity contribution in [3.63, 3.8) is 0 Å². The number of rotatable bonds is 5. The monoisotopic (exact) mass is 668 g/mol. The van der Waals surface area contributed by atoms with E-state index >= 15 is 0 Å². The molecule has 0 spiro atoms. The molecule has 52 heavy (non-hydrogen) atoms. The minimum Gasteiger partial charge on any atom is -0.460 e. The summed E-state index contributed by atoms with van der Waals surface area (Å²) in [6, 6.07) is 54.0. The molecule has 6 aromatic rings. The molecule has 0 saturated carbocycles. The van der Waals surface area contributed by atoms with Crippen LogP contribution >= 0.6 is 0 Å². The summed E-state index contributed by atoms with van der Waals surface area (Å²) in [4.78, 5) is 10.4. The van der Waals surface area contributed by atoms with Gasteiger partial charge < -0.3 is 4.74 Å². The van der Waals surface area contributed by atoms with Crippen molar-refractivity contribution in [2.75, 3.05) is 0 Å². The predicted molar refractivity (Wildman–Crippen MR) is 210 cm³/mol. The van der Waals surface area contributed by atoms with Gasteiger partial charge in [-0.3, -0.25) is 0 Å². The number of ether oxygens (including phenoxy) is 1. The number of benzene rings is 5. The number of pyridine rings is 1. The van der Waals surface area contributed by atoms with Crippen molar-refractivity contribution in [2.45, 2.75) is 24.2 Å². The Balaban J connectivity index is 1.06. The van der Waals surface area contributed by atoms with Gasteiger partial charge in [-0.1, -0.05) is 164 Å². The van der Waals surface area contributed by atoms with Gasteiger partial charge in [-0.15, -0.1) is 0 Å². The average molecular weight is 669 g/mol. The molecule has 4 aliphatic rings. The van der Waals surface area contributed by atoms with Crippen LogP contribution in [-0.2, 0) is 5.41 Å². The van der Waals surface area contributed by atoms with E-state index in [9.17, 15) is 0 Å². The van der Waals surface area contributed by atoms with E-state index < -0.39 is 5.41 Å². The first kappa shape index (κ1) is 30.5. The minimum absolute atomic E-state index is 0.0677. The van der Waals surface area contributed by atoms with Gasteiger partial charge in [-0.25, -0.2) is 9.98 Å². The molecule has 2 aliphatic heterocycles. The van der Waals surface area contributed by atoms with Gasteiger partial charge in [0.15, 0.2) is 0 Å². The van der Waals surface area contributed by atoms with Crippen molar-refractivity contribution in [3.8, 4) is 17.0 Å². The third-order valence-corrected chi connectivity index (χ3v) is 11.1. The second kappa shape index (κ2) is 12.5. The van der Waals surface area contributed by atoms with E-state index in [1.807, 2.05) is 6.07 Å². The van der Waals surface area contributed by atoms with Gasteiger partial charge in [-0.05, 0) is 53.0 Å². The molecule has 0 amide bonds. The highest BCUT2D eigenvalue weighted by atomic mass is 16.5. The summed E-state index contributed by atoms with van der Waals surface area (Å²) < 4.78 is 6.96. The first-order chi connectivity index (χ1) is 25.8. The number of nitrogens with zero attached hydrogens (tertiary/aromatic N) is 2. The molecule has 3 heteroatoms. The van der Waals surface area contributed by atoms with E-state index in [1.165, 1.54) is 22.3 Å². The third kappa shape index (κ3) is 4.88. The molecule has 3 nitrogen and oxygen atoms in total. The van der Waals surface area contributed by atoms with Crippen LogP contribution in [0.5, 0.6) is 5.75 Å². The summed E-state index contributed by atoms with van der Waals surface area (Å²) >= 11 is 0. The molecule has 10 rings (SSSR count). The fraction of sp³-hybridized carbons (Fsp3) is 0.102. The number of para-hydroxylation sites is 1. The van der Waals surface area contributed by atoms with Gasteiger partial charge in [0.1, 0.15) is 11.5 Å². The first-order valence-electron chi connectivity index (χ1n) is 18.2. The highest BCUT2D eigenvalue weighted by Crippen LogP contribution is 2.56. The lowest BCUT2D eigenvalue weighted by Gasteiger charge is -2.44. The highest BCUT2D eigenvalue weighted by molar-refractivity contribution is 6.11. The summed E-state index contributed by atoms with van der Waals surface area (Å²) in [5.74, 6) is 2.23. The highest BCUT2D eigenvalue weighted by Gasteiger charge is 2.48. The Labute approximate surface area is 304 Å². The Kier molecular flexibility index (Phi) is 7.31. The van der Waals surface area contributed by atoms with Crippen molar-refractivity contribution in [1.82, 2.24) is 4.98 Å². The van der Waals surface area contributed by atoms with Crippen molar-refractivity contribution in [3.05, 3.63) is 226 Å². The number of aliphatic imine (C=N–C) groups is 1. The van der Waals surface area contributed by atoms with E-state index in [2.05, 4.69) is 176 Å². The van der Waals surface area contributed by atoms with E-state index in [4.69, 9.17) is 14.7 Å². The molecule has 0 bridgehead atoms. The quantitative estimate of drug-likeness (QED) is 0.184. The standard InChI is InChI=1S/C49H36N2O/c1-4-13-34(14-5-1)43-31-29-36-27-28-37-30-32-44(51-47(37)46(36)50-43)35-25-23-33(24-26-35)40-19-12-21-42-48(40)52-45-22-11-10-20-41(45)49(42,38-15-6-2-7-16-38)39-17-8-3-9-18-39/h1-18,20-27,29-32,37,40H,19,28H2. The van der Waals surface area contributed by atoms with Crippen molar-refractivity contribution in [2.24, 2.45) is 10.9 Å². The van der Waals surface area contributed by atoms with E-state index in [0.29, 0.717) is 0 Å². The Bertz CT molecular complexity index is 2540. The maximum atomic E-state index is 6.96. The fourth-order valence-electron chi connectivity index (χ4n) is 8.59. The zero-order valence-electron chi connectivity index (χ0n) is 28.7. The molecule has 0 fully saturated rings. The summed E-state index contributed by atoms with van der Waals surface area (Å²) in [7, 11) is 0. The molecule has 0 N–H and O–H groups in total. The molecule has 0 saturated heterocycles. The maximum absolute atomic E-state index is 6.96. The Morgan fingerprint density at radius 3 is 2.06 bits per heavy atom. The maximum Gasteiger partial charge on any atom is 0.131 e. The first-order valence-corrected chi connectivity index (χ1v) is 18.2. The summed E-state index contributed by atoms with van der Waals surface area (Å²) in [6.07, 6.45) is 13.2. The minimum atomic E-state index is -0.515. The van der Waals surface area contributed by atoms with Gasteiger partial charge >= 0.3 is 0 Å². The lowest BCUT2D eigenvalue weighted by molar-refractivity contribution is 0.344. The normalized spacial score (nSPS) is 19.3. The molecular formula is C49H36N2O. The molecule has 3 heterocycles. The molecule has 5 aromatic carbocycles. The number of dihydropyridines is 1. The molecular weight excluding hydrogens is 633 g/mol. The Morgan fingerprint density at radius 2 is 1.31 bits per heavy atom. The van der Waals surface area contributed by atoms with Gasteiger partial charge in [0.25, 0.3) is 0 Å². The van der Waals surface area contributed by atoms with E-state index in [0.717, 1.165) is 68.7 Å². The summed E-state index contributed by atoms with van der Waals surface area (Å²) in [5, 5.41) is 2.14. The SMILES string of the molecule is C1=CC2=C(Oc3ccccc3C2(c2ccccc2)c2ccccc2)C(c2ccc(C3=NC4=c5nc(-c6ccccc6)ccc5=CCC4C=C3)cc2)C1. The Hall–Kier alpha value is -6.32. The molecule has 0 radical (unpaired) electrons. The smallest absolute Gasteiger partial charge is 0.131 e. The van der Waals surface area contributed by atoms with Crippen LogP contribution in [0.15, 0.2) is 192 Å². The molecule has 2 aliphatic carbocycles. The summed E-state index contributed by atoms with van der Waals surface area (Å²) in [5.41, 5.74) is 10.7. The van der Waals surface area contributed by atoms with Crippen LogP contribution in [0, 0.1) is 5.92 Å². The second-order valence-electron chi connectivity index (χ2n) is 14.0. The van der Waals surface area contributed by atoms with Gasteiger partial charge in [0.05, 0.1) is 27.9 Å². The molecule has 2 unspecified atom stereocenters. The third-order valence-electron chi connectivity index (χ3n) is 11.1. The van der Waals surface area contributed by atoms with Crippen molar-refractivity contribution >= 4 is 17.5 Å². The topological polar surface area (TPSA) is 34.5 Å². The van der Waals surface area contributed by atoms with Crippen LogP contribution in [0.1, 0.15) is 46.6 Å². The average Bonchev–Trinajstić information content (AvgIpc) is 3.23. The van der Waals surface area contributed by atoms with E-state index in [-0.39, 0.29) is 11.8 Å². The predicted octanol–water partition coefficient (Wildman–Crippen LogP) is 9.44. The van der Waals surface area contributed by atoms with Crippen LogP contribution in [0.25, 0.3) is 23.0 Å². The van der Waals surface area contributed by atoms with E-state index in [1.54, 1.807) is 0 Å². The van der Waals surface area contributed by atoms with Crippen molar-refractivity contribution < 1.29 is 4.74 Å². The number of hydrogen-bond acceptors (Lipinski definition) is 3. The van der Waals surface area contributed by atoms with Crippen LogP contribution in [0.3, 0.4) is 0 Å². The van der Waals surface area contributed by atoms with Crippen LogP contribution in [0.4, 0.5) is 0 Å². The number of hydrogen-bond donors (Lipinski definition) is 0. The molecule has 248 valence electrons. The zero-order valence-corrected chi connectivity index (χ0v) is 28.7. The van der Waals surface area contributed by atoms with Gasteiger partial charge in [0, 0.05) is 34.1 Å². The molecule has 1 aromatic heterocycles. The van der Waals surface area contributed by atoms with Crippen LogP contribution in [-0.4, -0.2) is 10.7 Å². The van der Waals surface area contributed by atoms with Gasteiger partial charge in [0.2, 0.25) is 0 Å². The largest absolute Gasteiger partial charge is 0.460 e. The lowest BCUT2D eigenvalue weighted by atomic mass is 9.61. The number of fused-ring (bicyclic) bond motifs is 3. The lowest BCUT2D eigenvalue weighted by Crippen LogP contribution is -2.38. The van der Waals surface area contributed by atoms with Gasteiger partial charge in [-0.2, -0.15) is 0 Å². The number of allylic oxidation sites excluding steroid dienone is 5. The van der Waals surface area contributed by atoms with Crippen molar-refractivity contribution in [1.29, 1.82) is 0 Å². The number of aromatic nitrogens is 1. The van der Waals surface area contributed by atoms with Crippen LogP contribution < -0.4 is 15.3 Å². The zero-order chi connectivity index (χ0) is 34.5.